The summed E-state index contributed by atoms with van der Waals surface area (Å²) in [7, 11) is 0. The van der Waals surface area contributed by atoms with E-state index in [9.17, 15) is 0 Å². The van der Waals surface area contributed by atoms with E-state index in [0.717, 1.165) is 35.5 Å². The maximum absolute atomic E-state index is 5.88. The van der Waals surface area contributed by atoms with Crippen molar-refractivity contribution < 1.29 is 4.74 Å². The van der Waals surface area contributed by atoms with Crippen molar-refractivity contribution in [3.63, 3.8) is 0 Å². The minimum absolute atomic E-state index is 0.570. The second-order valence-corrected chi connectivity index (χ2v) is 4.89. The molecule has 0 bridgehead atoms. The molecular formula is C17H22N2O. The second-order valence-electron chi connectivity index (χ2n) is 4.89. The summed E-state index contributed by atoms with van der Waals surface area (Å²) in [5.41, 5.74) is 10.0. The van der Waals surface area contributed by atoms with Crippen molar-refractivity contribution in [1.82, 2.24) is 4.98 Å². The van der Waals surface area contributed by atoms with Crippen LogP contribution in [0.2, 0.25) is 0 Å². The lowest BCUT2D eigenvalue weighted by Gasteiger charge is -2.11. The van der Waals surface area contributed by atoms with E-state index in [1.165, 1.54) is 5.56 Å². The van der Waals surface area contributed by atoms with Crippen LogP contribution in [-0.2, 0) is 19.4 Å². The fourth-order valence-electron chi connectivity index (χ4n) is 2.11. The Bertz CT molecular complexity index is 549. The number of nitrogens with zero attached hydrogens (tertiary/aromatic N) is 1. The largest absolute Gasteiger partial charge is 0.487 e. The fourth-order valence-corrected chi connectivity index (χ4v) is 2.11. The molecule has 3 heteroatoms. The maximum Gasteiger partial charge on any atom is 0.141 e. The number of pyridine rings is 1. The van der Waals surface area contributed by atoms with Crippen LogP contribution in [0.5, 0.6) is 5.75 Å². The Kier molecular flexibility index (Phi) is 5.13. The first-order chi connectivity index (χ1) is 9.72. The summed E-state index contributed by atoms with van der Waals surface area (Å²) in [5.74, 6) is 0.879. The number of aryl methyl sites for hydroxylation is 2. The highest BCUT2D eigenvalue weighted by molar-refractivity contribution is 5.30. The van der Waals surface area contributed by atoms with Gasteiger partial charge in [0.05, 0.1) is 5.69 Å². The lowest BCUT2D eigenvalue weighted by atomic mass is 10.1. The van der Waals surface area contributed by atoms with Gasteiger partial charge in [-0.15, -0.1) is 0 Å². The van der Waals surface area contributed by atoms with Crippen LogP contribution in [-0.4, -0.2) is 11.5 Å². The molecule has 0 fully saturated rings. The molecular weight excluding hydrogens is 248 g/mol. The van der Waals surface area contributed by atoms with Crippen molar-refractivity contribution in [2.24, 2.45) is 5.73 Å². The van der Waals surface area contributed by atoms with Crippen LogP contribution in [0, 0.1) is 6.92 Å². The normalized spacial score (nSPS) is 10.6. The zero-order valence-corrected chi connectivity index (χ0v) is 12.2. The van der Waals surface area contributed by atoms with Crippen LogP contribution in [0.1, 0.15) is 29.4 Å². The smallest absolute Gasteiger partial charge is 0.141 e. The van der Waals surface area contributed by atoms with Crippen molar-refractivity contribution in [1.29, 1.82) is 0 Å². The molecule has 0 spiro atoms. The molecule has 2 aromatic rings. The molecule has 2 N–H and O–H groups in total. The average Bonchev–Trinajstić information content (AvgIpc) is 2.47. The number of aromatic nitrogens is 1. The van der Waals surface area contributed by atoms with Gasteiger partial charge in [-0.05, 0) is 49.6 Å². The summed E-state index contributed by atoms with van der Waals surface area (Å²) >= 11 is 0. The maximum atomic E-state index is 5.88. The van der Waals surface area contributed by atoms with Gasteiger partial charge in [-0.25, -0.2) is 0 Å². The minimum Gasteiger partial charge on any atom is -0.487 e. The SMILES string of the molecule is CCc1nc(C)ccc1OCc1ccc(CCN)cc1. The summed E-state index contributed by atoms with van der Waals surface area (Å²) in [6.07, 6.45) is 1.80. The highest BCUT2D eigenvalue weighted by Gasteiger charge is 2.04. The van der Waals surface area contributed by atoms with Gasteiger partial charge in [0.25, 0.3) is 0 Å². The van der Waals surface area contributed by atoms with Crippen LogP contribution >= 0.6 is 0 Å². The Morgan fingerprint density at radius 2 is 1.75 bits per heavy atom. The number of rotatable bonds is 6. The molecule has 0 aliphatic heterocycles. The zero-order valence-electron chi connectivity index (χ0n) is 12.2. The minimum atomic E-state index is 0.570. The number of nitrogens with two attached hydrogens (primary N) is 1. The first-order valence-corrected chi connectivity index (χ1v) is 7.10. The first kappa shape index (κ1) is 14.5. The van der Waals surface area contributed by atoms with Crippen LogP contribution in [0.15, 0.2) is 36.4 Å². The number of ether oxygens (including phenoxy) is 1. The van der Waals surface area contributed by atoms with Crippen molar-refractivity contribution in [2.75, 3.05) is 6.54 Å². The molecule has 0 aliphatic rings. The van der Waals surface area contributed by atoms with E-state index in [-0.39, 0.29) is 0 Å². The van der Waals surface area contributed by atoms with Crippen LogP contribution in [0.25, 0.3) is 0 Å². The first-order valence-electron chi connectivity index (χ1n) is 7.10. The third kappa shape index (κ3) is 3.81. The quantitative estimate of drug-likeness (QED) is 0.877. The summed E-state index contributed by atoms with van der Waals surface area (Å²) in [6.45, 7) is 5.35. The van der Waals surface area contributed by atoms with Crippen molar-refractivity contribution in [3.8, 4) is 5.75 Å². The average molecular weight is 270 g/mol. The van der Waals surface area contributed by atoms with E-state index < -0.39 is 0 Å². The Labute approximate surface area is 120 Å². The predicted octanol–water partition coefficient (Wildman–Crippen LogP) is 3.03. The number of hydrogen-bond donors (Lipinski definition) is 1. The highest BCUT2D eigenvalue weighted by atomic mass is 16.5. The van der Waals surface area contributed by atoms with Crippen LogP contribution < -0.4 is 10.5 Å². The molecule has 0 unspecified atom stereocenters. The topological polar surface area (TPSA) is 48.1 Å². The van der Waals surface area contributed by atoms with Crippen LogP contribution in [0.3, 0.4) is 0 Å². The molecule has 3 nitrogen and oxygen atoms in total. The molecule has 0 saturated carbocycles. The molecule has 0 atom stereocenters. The summed E-state index contributed by atoms with van der Waals surface area (Å²) < 4.78 is 5.88. The molecule has 20 heavy (non-hydrogen) atoms. The second kappa shape index (κ2) is 7.06. The van der Waals surface area contributed by atoms with Gasteiger partial charge in [0.1, 0.15) is 12.4 Å². The Balaban J connectivity index is 2.01. The third-order valence-electron chi connectivity index (χ3n) is 3.26. The van der Waals surface area contributed by atoms with Gasteiger partial charge in [0.2, 0.25) is 0 Å². The fraction of sp³-hybridized carbons (Fsp3) is 0.353. The van der Waals surface area contributed by atoms with Gasteiger partial charge < -0.3 is 10.5 Å². The predicted molar refractivity (Wildman–Crippen MR) is 81.9 cm³/mol. The standard InChI is InChI=1S/C17H22N2O/c1-3-16-17(9-4-13(2)19-16)20-12-15-7-5-14(6-8-15)10-11-18/h4-9H,3,10-12,18H2,1-2H3. The molecule has 0 aliphatic carbocycles. The third-order valence-corrected chi connectivity index (χ3v) is 3.26. The Hall–Kier alpha value is -1.87. The van der Waals surface area contributed by atoms with E-state index in [0.29, 0.717) is 13.2 Å². The van der Waals surface area contributed by atoms with E-state index in [2.05, 4.69) is 36.2 Å². The van der Waals surface area contributed by atoms with Gasteiger partial charge in [-0.2, -0.15) is 0 Å². The van der Waals surface area contributed by atoms with E-state index in [1.54, 1.807) is 0 Å². The van der Waals surface area contributed by atoms with E-state index in [1.807, 2.05) is 19.1 Å². The summed E-state index contributed by atoms with van der Waals surface area (Å²) in [4.78, 5) is 4.50. The molecule has 1 aromatic heterocycles. The lowest BCUT2D eigenvalue weighted by Crippen LogP contribution is -2.03. The summed E-state index contributed by atoms with van der Waals surface area (Å²) in [6, 6.07) is 12.4. The highest BCUT2D eigenvalue weighted by Crippen LogP contribution is 2.19. The van der Waals surface area contributed by atoms with Gasteiger partial charge in [-0.1, -0.05) is 31.2 Å². The van der Waals surface area contributed by atoms with E-state index in [4.69, 9.17) is 10.5 Å². The molecule has 106 valence electrons. The molecule has 1 aromatic carbocycles. The van der Waals surface area contributed by atoms with Crippen molar-refractivity contribution in [3.05, 3.63) is 58.9 Å². The Morgan fingerprint density at radius 3 is 2.40 bits per heavy atom. The molecule has 0 saturated heterocycles. The molecule has 2 rings (SSSR count). The van der Waals surface area contributed by atoms with Gasteiger partial charge >= 0.3 is 0 Å². The van der Waals surface area contributed by atoms with E-state index >= 15 is 0 Å². The van der Waals surface area contributed by atoms with Crippen LogP contribution in [0.4, 0.5) is 0 Å². The molecule has 1 heterocycles. The van der Waals surface area contributed by atoms with Crippen molar-refractivity contribution in [2.45, 2.75) is 33.3 Å². The zero-order chi connectivity index (χ0) is 14.4. The monoisotopic (exact) mass is 270 g/mol. The van der Waals surface area contributed by atoms with Gasteiger partial charge in [0.15, 0.2) is 0 Å². The molecule has 0 radical (unpaired) electrons. The molecule has 0 amide bonds. The summed E-state index contributed by atoms with van der Waals surface area (Å²) in [5, 5.41) is 0. The number of hydrogen-bond acceptors (Lipinski definition) is 3. The lowest BCUT2D eigenvalue weighted by molar-refractivity contribution is 0.301. The number of benzene rings is 1. The van der Waals surface area contributed by atoms with Crippen molar-refractivity contribution >= 4 is 0 Å². The van der Waals surface area contributed by atoms with Gasteiger partial charge in [-0.3, -0.25) is 4.98 Å². The Morgan fingerprint density at radius 1 is 1.05 bits per heavy atom. The van der Waals surface area contributed by atoms with Gasteiger partial charge in [0, 0.05) is 5.69 Å².